The zero-order chi connectivity index (χ0) is 26.0. The third kappa shape index (κ3) is 7.12. The number of hydrogen-bond acceptors (Lipinski definition) is 5. The number of aryl methyl sites for hydroxylation is 1. The van der Waals surface area contributed by atoms with Gasteiger partial charge in [0.25, 0.3) is 0 Å². The van der Waals surface area contributed by atoms with Crippen molar-refractivity contribution in [3.05, 3.63) is 41.1 Å². The summed E-state index contributed by atoms with van der Waals surface area (Å²) < 4.78 is 78.0. The van der Waals surface area contributed by atoms with Crippen LogP contribution in [0.15, 0.2) is 24.4 Å². The highest BCUT2D eigenvalue weighted by Crippen LogP contribution is 2.37. The van der Waals surface area contributed by atoms with E-state index in [0.29, 0.717) is 43.8 Å². The fourth-order valence-corrected chi connectivity index (χ4v) is 3.90. The number of benzene rings is 1. The summed E-state index contributed by atoms with van der Waals surface area (Å²) in [6, 6.07) is -0.134. The first-order valence-corrected chi connectivity index (χ1v) is 10.9. The van der Waals surface area contributed by atoms with Crippen molar-refractivity contribution in [3.63, 3.8) is 0 Å². The molecule has 35 heavy (non-hydrogen) atoms. The van der Waals surface area contributed by atoms with Crippen LogP contribution in [0.2, 0.25) is 0 Å². The number of aromatic nitrogens is 2. The molecule has 0 spiro atoms. The lowest BCUT2D eigenvalue weighted by atomic mass is 9.91. The molecule has 1 saturated carbocycles. The number of anilines is 3. The highest BCUT2D eigenvalue weighted by atomic mass is 19.4. The molecule has 0 saturated heterocycles. The molecule has 2 amide bonds. The van der Waals surface area contributed by atoms with Gasteiger partial charge in [0.05, 0.1) is 11.1 Å². The van der Waals surface area contributed by atoms with Crippen molar-refractivity contribution < 1.29 is 31.1 Å². The Morgan fingerprint density at radius 1 is 0.943 bits per heavy atom. The van der Waals surface area contributed by atoms with Crippen molar-refractivity contribution in [2.24, 2.45) is 0 Å². The number of carbonyl (C=O) groups is 1. The molecular formula is C22H26F6N6O. The third-order valence-electron chi connectivity index (χ3n) is 5.61. The van der Waals surface area contributed by atoms with Gasteiger partial charge in [-0.25, -0.2) is 9.78 Å². The zero-order valence-corrected chi connectivity index (χ0v) is 19.3. The van der Waals surface area contributed by atoms with Crippen LogP contribution >= 0.6 is 0 Å². The molecule has 1 aliphatic carbocycles. The second-order valence-corrected chi connectivity index (χ2v) is 8.68. The minimum Gasteiger partial charge on any atom is -0.362 e. The van der Waals surface area contributed by atoms with Gasteiger partial charge in [-0.05, 0) is 50.8 Å². The van der Waals surface area contributed by atoms with Crippen LogP contribution in [0.1, 0.15) is 42.4 Å². The van der Waals surface area contributed by atoms with Gasteiger partial charge in [-0.3, -0.25) is 0 Å². The Balaban J connectivity index is 1.57. The molecule has 0 atom stereocenters. The van der Waals surface area contributed by atoms with E-state index in [1.165, 1.54) is 0 Å². The monoisotopic (exact) mass is 504 g/mol. The summed E-state index contributed by atoms with van der Waals surface area (Å²) in [5.41, 5.74) is -2.65. The Kier molecular flexibility index (Phi) is 7.65. The molecule has 1 aromatic carbocycles. The lowest BCUT2D eigenvalue weighted by Crippen LogP contribution is -2.42. The highest BCUT2D eigenvalue weighted by Gasteiger charge is 2.37. The minimum atomic E-state index is -4.99. The van der Waals surface area contributed by atoms with Crippen molar-refractivity contribution in [2.75, 3.05) is 29.6 Å². The minimum absolute atomic E-state index is 0.0105. The molecule has 0 aliphatic heterocycles. The van der Waals surface area contributed by atoms with Crippen LogP contribution in [0.3, 0.4) is 0 Å². The number of alkyl halides is 6. The van der Waals surface area contributed by atoms with Crippen LogP contribution in [0.5, 0.6) is 0 Å². The molecule has 192 valence electrons. The molecule has 1 fully saturated rings. The Bertz CT molecular complexity index is 1020. The Labute approximate surface area is 198 Å². The van der Waals surface area contributed by atoms with Gasteiger partial charge in [0.15, 0.2) is 0 Å². The van der Waals surface area contributed by atoms with Gasteiger partial charge in [0.1, 0.15) is 5.82 Å². The van der Waals surface area contributed by atoms with Gasteiger partial charge in [-0.15, -0.1) is 0 Å². The number of carbonyl (C=O) groups excluding carboxylic acids is 1. The van der Waals surface area contributed by atoms with Crippen LogP contribution in [0.4, 0.5) is 48.6 Å². The van der Waals surface area contributed by atoms with Crippen molar-refractivity contribution in [2.45, 2.75) is 57.0 Å². The predicted octanol–water partition coefficient (Wildman–Crippen LogP) is 5.43. The maximum absolute atomic E-state index is 13.0. The van der Waals surface area contributed by atoms with E-state index >= 15 is 0 Å². The molecule has 0 unspecified atom stereocenters. The van der Waals surface area contributed by atoms with Gasteiger partial charge in [-0.1, -0.05) is 0 Å². The second kappa shape index (κ2) is 10.2. The summed E-state index contributed by atoms with van der Waals surface area (Å²) in [5.74, 6) is 1.27. The van der Waals surface area contributed by atoms with Gasteiger partial charge in [0, 0.05) is 43.6 Å². The maximum Gasteiger partial charge on any atom is 0.416 e. The molecule has 7 nitrogen and oxygen atoms in total. The molecule has 1 heterocycles. The number of halogens is 6. The lowest BCUT2D eigenvalue weighted by Gasteiger charge is -2.30. The number of urea groups is 1. The van der Waals surface area contributed by atoms with Gasteiger partial charge in [0.2, 0.25) is 5.95 Å². The SMILES string of the molecule is Cc1cnc(N[C@H]2CC[C@@H](NC(=O)Nc3cc(C(F)(F)F)cc(C(F)(F)F)c3)CC2)nc1N(C)C. The van der Waals surface area contributed by atoms with Crippen LogP contribution in [0, 0.1) is 6.92 Å². The average molecular weight is 504 g/mol. The van der Waals surface area contributed by atoms with E-state index < -0.39 is 35.2 Å². The van der Waals surface area contributed by atoms with E-state index in [0.717, 1.165) is 11.4 Å². The number of nitrogens with one attached hydrogen (secondary N) is 3. The molecule has 3 N–H and O–H groups in total. The smallest absolute Gasteiger partial charge is 0.362 e. The topological polar surface area (TPSA) is 82.2 Å². The lowest BCUT2D eigenvalue weighted by molar-refractivity contribution is -0.143. The Morgan fingerprint density at radius 2 is 1.49 bits per heavy atom. The van der Waals surface area contributed by atoms with Crippen molar-refractivity contribution in [1.82, 2.24) is 15.3 Å². The average Bonchev–Trinajstić information content (AvgIpc) is 2.74. The number of rotatable bonds is 5. The molecule has 0 radical (unpaired) electrons. The quantitative estimate of drug-likeness (QED) is 0.473. The summed E-state index contributed by atoms with van der Waals surface area (Å²) in [5, 5.41) is 7.99. The molecule has 0 bridgehead atoms. The molecule has 13 heteroatoms. The largest absolute Gasteiger partial charge is 0.416 e. The molecule has 1 aliphatic rings. The number of nitrogens with zero attached hydrogens (tertiary/aromatic N) is 3. The van der Waals surface area contributed by atoms with Crippen LogP contribution < -0.4 is 20.9 Å². The zero-order valence-electron chi connectivity index (χ0n) is 19.3. The molecule has 1 aromatic heterocycles. The van der Waals surface area contributed by atoms with E-state index in [9.17, 15) is 31.1 Å². The summed E-state index contributed by atoms with van der Waals surface area (Å²) in [6.45, 7) is 1.91. The number of hydrogen-bond donors (Lipinski definition) is 3. The Hall–Kier alpha value is -3.25. The first kappa shape index (κ1) is 26.4. The fraction of sp³-hybridized carbons (Fsp3) is 0.500. The van der Waals surface area contributed by atoms with Crippen LogP contribution in [0.25, 0.3) is 0 Å². The molecular weight excluding hydrogens is 478 g/mol. The van der Waals surface area contributed by atoms with E-state index in [1.54, 1.807) is 6.20 Å². The van der Waals surface area contributed by atoms with E-state index in [-0.39, 0.29) is 18.2 Å². The standard InChI is InChI=1S/C22H26F6N6O/c1-12-11-29-19(33-18(12)34(2)3)30-15-4-6-16(7-5-15)31-20(35)32-17-9-13(21(23,24)25)8-14(10-17)22(26,27)28/h8-11,15-16H,4-7H2,1-3H3,(H,29,30,33)(H2,31,32,35)/t15-,16+. The second-order valence-electron chi connectivity index (χ2n) is 8.68. The van der Waals surface area contributed by atoms with Gasteiger partial charge in [-0.2, -0.15) is 31.3 Å². The van der Waals surface area contributed by atoms with Gasteiger partial charge < -0.3 is 20.9 Å². The maximum atomic E-state index is 13.0. The van der Waals surface area contributed by atoms with Gasteiger partial charge >= 0.3 is 18.4 Å². The summed E-state index contributed by atoms with van der Waals surface area (Å²) in [6.07, 6.45) is -5.80. The molecule has 2 aromatic rings. The van der Waals surface area contributed by atoms with Crippen LogP contribution in [-0.4, -0.2) is 42.2 Å². The fourth-order valence-electron chi connectivity index (χ4n) is 3.90. The van der Waals surface area contributed by atoms with E-state index in [4.69, 9.17) is 0 Å². The normalized spacial score (nSPS) is 18.7. The third-order valence-corrected chi connectivity index (χ3v) is 5.61. The van der Waals surface area contributed by atoms with Crippen molar-refractivity contribution >= 4 is 23.5 Å². The van der Waals surface area contributed by atoms with Crippen molar-refractivity contribution in [1.29, 1.82) is 0 Å². The molecule has 3 rings (SSSR count). The first-order chi connectivity index (χ1) is 16.2. The Morgan fingerprint density at radius 3 is 2.00 bits per heavy atom. The summed E-state index contributed by atoms with van der Waals surface area (Å²) >= 11 is 0. The first-order valence-electron chi connectivity index (χ1n) is 10.9. The summed E-state index contributed by atoms with van der Waals surface area (Å²) in [7, 11) is 3.76. The predicted molar refractivity (Wildman–Crippen MR) is 119 cm³/mol. The van der Waals surface area contributed by atoms with E-state index in [1.807, 2.05) is 25.9 Å². The summed E-state index contributed by atoms with van der Waals surface area (Å²) in [4.78, 5) is 22.9. The van der Waals surface area contributed by atoms with E-state index in [2.05, 4.69) is 25.9 Å². The van der Waals surface area contributed by atoms with Crippen molar-refractivity contribution in [3.8, 4) is 0 Å². The van der Waals surface area contributed by atoms with Crippen LogP contribution in [-0.2, 0) is 12.4 Å². The number of amides is 2. The highest BCUT2D eigenvalue weighted by molar-refractivity contribution is 5.89.